The molecule has 3 heteroatoms. The van der Waals surface area contributed by atoms with E-state index >= 15 is 0 Å². The van der Waals surface area contributed by atoms with Crippen LogP contribution in [0, 0.1) is 12.7 Å². The van der Waals surface area contributed by atoms with Gasteiger partial charge < -0.3 is 9.52 Å². The molecule has 0 fully saturated rings. The van der Waals surface area contributed by atoms with E-state index in [9.17, 15) is 9.50 Å². The molecule has 1 heterocycles. The number of aryl methyl sites for hydroxylation is 1. The maximum absolute atomic E-state index is 13.3. The number of benzene rings is 1. The van der Waals surface area contributed by atoms with Crippen molar-refractivity contribution in [2.75, 3.05) is 0 Å². The lowest BCUT2D eigenvalue weighted by Gasteiger charge is -1.95. The normalized spacial score (nSPS) is 13.4. The summed E-state index contributed by atoms with van der Waals surface area (Å²) in [5.41, 5.74) is 1.16. The molecule has 14 heavy (non-hydrogen) atoms. The Balaban J connectivity index is 2.75. The van der Waals surface area contributed by atoms with Crippen molar-refractivity contribution in [2.24, 2.45) is 0 Å². The highest BCUT2D eigenvalue weighted by atomic mass is 19.1. The number of aliphatic hydroxyl groups excluding tert-OH is 1. The van der Waals surface area contributed by atoms with Crippen LogP contribution in [0.2, 0.25) is 0 Å². The molecular weight excluding hydrogens is 183 g/mol. The Morgan fingerprint density at radius 2 is 2.14 bits per heavy atom. The van der Waals surface area contributed by atoms with Crippen molar-refractivity contribution in [3.8, 4) is 0 Å². The minimum atomic E-state index is -0.707. The molecule has 0 amide bonds. The lowest BCUT2D eigenvalue weighted by atomic mass is 10.1. The fraction of sp³-hybridized carbons (Fsp3) is 0.273. The molecule has 0 aliphatic carbocycles. The third kappa shape index (κ3) is 1.30. The second-order valence-electron chi connectivity index (χ2n) is 3.43. The molecule has 2 rings (SSSR count). The highest BCUT2D eigenvalue weighted by Gasteiger charge is 2.12. The number of aliphatic hydroxyl groups is 1. The summed E-state index contributed by atoms with van der Waals surface area (Å²) < 4.78 is 18.5. The largest absolute Gasteiger partial charge is 0.455 e. The predicted molar refractivity (Wildman–Crippen MR) is 51.5 cm³/mol. The van der Waals surface area contributed by atoms with Gasteiger partial charge in [-0.05, 0) is 31.5 Å². The van der Waals surface area contributed by atoms with Crippen molar-refractivity contribution in [1.82, 2.24) is 0 Å². The Hall–Kier alpha value is -1.35. The van der Waals surface area contributed by atoms with Crippen molar-refractivity contribution >= 4 is 11.0 Å². The van der Waals surface area contributed by atoms with Crippen molar-refractivity contribution in [3.63, 3.8) is 0 Å². The number of hydrogen-bond donors (Lipinski definition) is 1. The number of furan rings is 1. The van der Waals surface area contributed by atoms with E-state index in [1.807, 2.05) is 6.92 Å². The van der Waals surface area contributed by atoms with E-state index < -0.39 is 11.9 Å². The van der Waals surface area contributed by atoms with Gasteiger partial charge in [-0.15, -0.1) is 0 Å². The summed E-state index contributed by atoms with van der Waals surface area (Å²) in [4.78, 5) is 0. The van der Waals surface area contributed by atoms with Crippen molar-refractivity contribution in [3.05, 3.63) is 35.3 Å². The zero-order chi connectivity index (χ0) is 10.3. The van der Waals surface area contributed by atoms with Crippen LogP contribution in [0.15, 0.2) is 22.6 Å². The van der Waals surface area contributed by atoms with Gasteiger partial charge in [0.15, 0.2) is 11.4 Å². The molecule has 2 aromatic rings. The highest BCUT2D eigenvalue weighted by molar-refractivity contribution is 5.82. The second kappa shape index (κ2) is 3.10. The van der Waals surface area contributed by atoms with Gasteiger partial charge in [-0.3, -0.25) is 0 Å². The average Bonchev–Trinajstić information content (AvgIpc) is 2.57. The first kappa shape index (κ1) is 9.21. The Labute approximate surface area is 81.0 Å². The monoisotopic (exact) mass is 194 g/mol. The third-order valence-electron chi connectivity index (χ3n) is 2.28. The minimum absolute atomic E-state index is 0.223. The molecule has 0 aliphatic rings. The molecule has 1 atom stereocenters. The lowest BCUT2D eigenvalue weighted by molar-refractivity contribution is 0.172. The average molecular weight is 194 g/mol. The van der Waals surface area contributed by atoms with Crippen LogP contribution in [0.3, 0.4) is 0 Å². The molecule has 74 valence electrons. The summed E-state index contributed by atoms with van der Waals surface area (Å²) in [6.07, 6.45) is -0.707. The van der Waals surface area contributed by atoms with E-state index in [0.717, 1.165) is 10.9 Å². The molecule has 2 nitrogen and oxygen atoms in total. The first-order valence-electron chi connectivity index (χ1n) is 4.46. The van der Waals surface area contributed by atoms with E-state index in [-0.39, 0.29) is 5.58 Å². The number of fused-ring (bicyclic) bond motifs is 1. The molecule has 1 aromatic carbocycles. The lowest BCUT2D eigenvalue weighted by Crippen LogP contribution is -1.85. The zero-order valence-corrected chi connectivity index (χ0v) is 8.04. The molecule has 0 bridgehead atoms. The predicted octanol–water partition coefficient (Wildman–Crippen LogP) is 2.93. The van der Waals surface area contributed by atoms with Crippen LogP contribution < -0.4 is 0 Å². The molecule has 1 N–H and O–H groups in total. The van der Waals surface area contributed by atoms with Crippen LogP contribution in [0.1, 0.15) is 24.4 Å². The van der Waals surface area contributed by atoms with Gasteiger partial charge in [0.2, 0.25) is 0 Å². The Bertz CT molecular complexity index is 432. The number of hydrogen-bond acceptors (Lipinski definition) is 2. The van der Waals surface area contributed by atoms with Gasteiger partial charge in [0.1, 0.15) is 11.9 Å². The molecule has 0 saturated carbocycles. The molecule has 1 aromatic heterocycles. The van der Waals surface area contributed by atoms with Gasteiger partial charge in [0, 0.05) is 5.39 Å². The molecule has 0 spiro atoms. The molecule has 1 unspecified atom stereocenters. The van der Waals surface area contributed by atoms with Gasteiger partial charge in [-0.25, -0.2) is 4.39 Å². The first-order valence-corrected chi connectivity index (χ1v) is 4.46. The standard InChI is InChI=1S/C11H11FO2/c1-6-3-4-9(12)11-8(6)5-10(14-11)7(2)13/h3-5,7,13H,1-2H3. The molecule has 0 radical (unpaired) electrons. The van der Waals surface area contributed by atoms with Gasteiger partial charge in [-0.1, -0.05) is 6.07 Å². The van der Waals surface area contributed by atoms with E-state index in [4.69, 9.17) is 4.42 Å². The van der Waals surface area contributed by atoms with E-state index in [1.165, 1.54) is 6.07 Å². The SMILES string of the molecule is Cc1ccc(F)c2oc(C(C)O)cc12. The van der Waals surface area contributed by atoms with Crippen molar-refractivity contribution < 1.29 is 13.9 Å². The van der Waals surface area contributed by atoms with Crippen LogP contribution in [0.5, 0.6) is 0 Å². The quantitative estimate of drug-likeness (QED) is 0.757. The summed E-state index contributed by atoms with van der Waals surface area (Å²) in [7, 11) is 0. The summed E-state index contributed by atoms with van der Waals surface area (Å²) in [6, 6.07) is 4.74. The first-order chi connectivity index (χ1) is 6.59. The molecule has 0 saturated heterocycles. The Morgan fingerprint density at radius 1 is 1.43 bits per heavy atom. The van der Waals surface area contributed by atoms with E-state index in [1.54, 1.807) is 19.1 Å². The van der Waals surface area contributed by atoms with E-state index in [0.29, 0.717) is 5.76 Å². The van der Waals surface area contributed by atoms with Crippen molar-refractivity contribution in [1.29, 1.82) is 0 Å². The summed E-state index contributed by atoms with van der Waals surface area (Å²) >= 11 is 0. The molecular formula is C11H11FO2. The fourth-order valence-electron chi connectivity index (χ4n) is 1.45. The number of rotatable bonds is 1. The maximum Gasteiger partial charge on any atom is 0.170 e. The van der Waals surface area contributed by atoms with Gasteiger partial charge in [0.25, 0.3) is 0 Å². The number of halogens is 1. The maximum atomic E-state index is 13.3. The van der Waals surface area contributed by atoms with Crippen LogP contribution in [-0.4, -0.2) is 5.11 Å². The van der Waals surface area contributed by atoms with Gasteiger partial charge in [-0.2, -0.15) is 0 Å². The zero-order valence-electron chi connectivity index (χ0n) is 8.04. The fourth-order valence-corrected chi connectivity index (χ4v) is 1.45. The third-order valence-corrected chi connectivity index (χ3v) is 2.28. The highest BCUT2D eigenvalue weighted by Crippen LogP contribution is 2.28. The smallest absolute Gasteiger partial charge is 0.170 e. The summed E-state index contributed by atoms with van der Waals surface area (Å²) in [5, 5.41) is 10.0. The minimum Gasteiger partial charge on any atom is -0.455 e. The Kier molecular flexibility index (Phi) is 2.04. The van der Waals surface area contributed by atoms with Crippen LogP contribution >= 0.6 is 0 Å². The Morgan fingerprint density at radius 3 is 2.71 bits per heavy atom. The summed E-state index contributed by atoms with van der Waals surface area (Å²) in [5.74, 6) is 0.00528. The van der Waals surface area contributed by atoms with Gasteiger partial charge in [0.05, 0.1) is 0 Å². The van der Waals surface area contributed by atoms with Crippen LogP contribution in [0.4, 0.5) is 4.39 Å². The van der Waals surface area contributed by atoms with Crippen LogP contribution in [0.25, 0.3) is 11.0 Å². The van der Waals surface area contributed by atoms with Gasteiger partial charge >= 0.3 is 0 Å². The topological polar surface area (TPSA) is 33.4 Å². The molecule has 0 aliphatic heterocycles. The second-order valence-corrected chi connectivity index (χ2v) is 3.43. The van der Waals surface area contributed by atoms with Crippen LogP contribution in [-0.2, 0) is 0 Å². The summed E-state index contributed by atoms with van der Waals surface area (Å²) in [6.45, 7) is 3.47. The van der Waals surface area contributed by atoms with E-state index in [2.05, 4.69) is 0 Å². The van der Waals surface area contributed by atoms with Crippen molar-refractivity contribution in [2.45, 2.75) is 20.0 Å².